The number of furan rings is 1. The van der Waals surface area contributed by atoms with Gasteiger partial charge in [-0.05, 0) is 145 Å². The van der Waals surface area contributed by atoms with Crippen molar-refractivity contribution in [3.05, 3.63) is 186 Å². The number of para-hydroxylation sites is 1. The lowest BCUT2D eigenvalue weighted by Gasteiger charge is -2.45. The molecule has 0 unspecified atom stereocenters. The van der Waals surface area contributed by atoms with Crippen molar-refractivity contribution in [1.82, 2.24) is 0 Å². The molecule has 0 N–H and O–H groups in total. The normalized spacial score (nSPS) is 14.7. The highest BCUT2D eigenvalue weighted by molar-refractivity contribution is 7.00. The second kappa shape index (κ2) is 13.4. The summed E-state index contributed by atoms with van der Waals surface area (Å²) in [6.07, 6.45) is 0. The predicted octanol–water partition coefficient (Wildman–Crippen LogP) is 14.5. The molecule has 0 atom stereocenters. The average molecular weight is 829 g/mol. The Hall–Kier alpha value is -6.78. The molecule has 2 aliphatic heterocycles. The van der Waals surface area contributed by atoms with Crippen LogP contribution in [0.5, 0.6) is 0 Å². The molecule has 3 aliphatic rings. The Labute approximate surface area is 378 Å². The fraction of sp³-hybridized carbons (Fsp3) is 0.200. The van der Waals surface area contributed by atoms with E-state index in [1.165, 1.54) is 94.9 Å². The van der Waals surface area contributed by atoms with Crippen LogP contribution in [0, 0.1) is 6.92 Å². The van der Waals surface area contributed by atoms with Gasteiger partial charge in [0.15, 0.2) is 0 Å². The molecule has 3 nitrogen and oxygen atoms in total. The van der Waals surface area contributed by atoms with Crippen LogP contribution in [0.2, 0.25) is 0 Å². The minimum Gasteiger partial charge on any atom is -0.456 e. The van der Waals surface area contributed by atoms with Crippen molar-refractivity contribution in [2.45, 2.75) is 78.6 Å². The molecule has 9 aromatic rings. The molecule has 1 aliphatic carbocycles. The molecule has 0 spiro atoms. The number of benzene rings is 8. The smallest absolute Gasteiger partial charge is 0.252 e. The van der Waals surface area contributed by atoms with Crippen LogP contribution in [-0.4, -0.2) is 6.71 Å². The van der Waals surface area contributed by atoms with Crippen LogP contribution in [0.1, 0.15) is 83.2 Å². The van der Waals surface area contributed by atoms with Crippen molar-refractivity contribution in [2.75, 3.05) is 9.80 Å². The molecule has 8 aromatic carbocycles. The predicted molar refractivity (Wildman–Crippen MR) is 273 cm³/mol. The molecule has 312 valence electrons. The van der Waals surface area contributed by atoms with Crippen LogP contribution >= 0.6 is 0 Å². The number of hydrogen-bond donors (Lipinski definition) is 0. The van der Waals surface area contributed by atoms with Crippen molar-refractivity contribution in [1.29, 1.82) is 0 Å². The Morgan fingerprint density at radius 1 is 0.484 bits per heavy atom. The molecule has 0 fully saturated rings. The quantitative estimate of drug-likeness (QED) is 0.165. The van der Waals surface area contributed by atoms with Gasteiger partial charge in [0, 0.05) is 50.3 Å². The van der Waals surface area contributed by atoms with E-state index in [9.17, 15) is 0 Å². The largest absolute Gasteiger partial charge is 0.456 e. The minimum atomic E-state index is -0.120. The highest BCUT2D eigenvalue weighted by atomic mass is 16.3. The van der Waals surface area contributed by atoms with E-state index in [1.54, 1.807) is 0 Å². The maximum absolute atomic E-state index is 6.32. The van der Waals surface area contributed by atoms with E-state index in [-0.39, 0.29) is 23.0 Å². The summed E-state index contributed by atoms with van der Waals surface area (Å²) in [5.41, 5.74) is 24.7. The van der Waals surface area contributed by atoms with E-state index in [0.29, 0.717) is 0 Å². The second-order valence-electron chi connectivity index (χ2n) is 21.1. The first-order valence-corrected chi connectivity index (χ1v) is 23.0. The lowest BCUT2D eigenvalue weighted by molar-refractivity contribution is 0.590. The zero-order valence-corrected chi connectivity index (χ0v) is 38.4. The Kier molecular flexibility index (Phi) is 8.12. The molecule has 0 radical (unpaired) electrons. The first-order valence-electron chi connectivity index (χ1n) is 23.0. The van der Waals surface area contributed by atoms with Gasteiger partial charge in [-0.15, -0.1) is 0 Å². The highest BCUT2D eigenvalue weighted by Gasteiger charge is 2.45. The van der Waals surface area contributed by atoms with E-state index >= 15 is 0 Å². The van der Waals surface area contributed by atoms with E-state index < -0.39 is 0 Å². The summed E-state index contributed by atoms with van der Waals surface area (Å²) in [5, 5.41) is 2.30. The molecule has 0 bridgehead atoms. The average Bonchev–Trinajstić information content (AvgIpc) is 3.77. The van der Waals surface area contributed by atoms with Crippen LogP contribution in [0.4, 0.5) is 34.1 Å². The maximum Gasteiger partial charge on any atom is 0.252 e. The van der Waals surface area contributed by atoms with Gasteiger partial charge >= 0.3 is 0 Å². The van der Waals surface area contributed by atoms with Crippen LogP contribution in [0.3, 0.4) is 0 Å². The zero-order valence-electron chi connectivity index (χ0n) is 38.4. The number of anilines is 6. The molecule has 64 heavy (non-hydrogen) atoms. The highest BCUT2D eigenvalue weighted by Crippen LogP contribution is 2.52. The number of hydrogen-bond acceptors (Lipinski definition) is 3. The monoisotopic (exact) mass is 828 g/mol. The van der Waals surface area contributed by atoms with Crippen molar-refractivity contribution in [3.63, 3.8) is 0 Å². The lowest BCUT2D eigenvalue weighted by Crippen LogP contribution is -2.61. The van der Waals surface area contributed by atoms with E-state index in [4.69, 9.17) is 4.42 Å². The summed E-state index contributed by atoms with van der Waals surface area (Å²) in [6, 6.07) is 59.7. The van der Waals surface area contributed by atoms with Crippen molar-refractivity contribution in [2.24, 2.45) is 0 Å². The number of nitrogens with zero attached hydrogens (tertiary/aromatic N) is 2. The van der Waals surface area contributed by atoms with Gasteiger partial charge in [0.05, 0.1) is 0 Å². The van der Waals surface area contributed by atoms with Crippen molar-refractivity contribution >= 4 is 79.2 Å². The van der Waals surface area contributed by atoms with Gasteiger partial charge in [-0.2, -0.15) is 0 Å². The second-order valence-corrected chi connectivity index (χ2v) is 21.1. The number of rotatable bonds is 3. The van der Waals surface area contributed by atoms with Crippen LogP contribution in [-0.2, 0) is 16.2 Å². The molecule has 1 aromatic heterocycles. The van der Waals surface area contributed by atoms with Crippen LogP contribution < -0.4 is 26.2 Å². The standard InChI is InChI=1S/C60H53BN2O/c1-36-31-52-57-53(32-36)63(41-27-28-44-43-15-10-12-18-46(43)60(8,9)47(44)35-41)51-34-39(59(5,6)7)24-30-49(51)61(57)48-29-23-38(58(2,3)4)33-50(48)62(52)40-25-21-37(22-26-40)42-17-14-20-55-56(42)45-16-11-13-19-54(45)64-55/h10-35H,1-9H3. The van der Waals surface area contributed by atoms with E-state index in [1.807, 2.05) is 6.07 Å². The fourth-order valence-corrected chi connectivity index (χ4v) is 11.3. The Morgan fingerprint density at radius 2 is 1.05 bits per heavy atom. The van der Waals surface area contributed by atoms with Gasteiger partial charge in [0.1, 0.15) is 11.2 Å². The summed E-state index contributed by atoms with van der Waals surface area (Å²) in [7, 11) is 0. The van der Waals surface area contributed by atoms with E-state index in [0.717, 1.165) is 27.6 Å². The maximum atomic E-state index is 6.32. The Balaban J connectivity index is 1.09. The van der Waals surface area contributed by atoms with Gasteiger partial charge < -0.3 is 14.2 Å². The topological polar surface area (TPSA) is 19.6 Å². The number of aryl methyl sites for hydroxylation is 1. The summed E-state index contributed by atoms with van der Waals surface area (Å²) in [6.45, 7) is 21.1. The zero-order chi connectivity index (χ0) is 44.0. The number of fused-ring (bicyclic) bond motifs is 10. The first-order chi connectivity index (χ1) is 30.7. The van der Waals surface area contributed by atoms with Gasteiger partial charge in [-0.1, -0.05) is 152 Å². The summed E-state index contributed by atoms with van der Waals surface area (Å²) in [5.74, 6) is 0. The summed E-state index contributed by atoms with van der Waals surface area (Å²) >= 11 is 0. The molecule has 4 heteroatoms. The van der Waals surface area contributed by atoms with E-state index in [2.05, 4.69) is 224 Å². The molecular formula is C60H53BN2O. The Bertz CT molecular complexity index is 3410. The third kappa shape index (κ3) is 5.60. The molecule has 3 heterocycles. The third-order valence-corrected chi connectivity index (χ3v) is 14.6. The van der Waals surface area contributed by atoms with Gasteiger partial charge in [-0.25, -0.2) is 0 Å². The minimum absolute atomic E-state index is 0.0222. The van der Waals surface area contributed by atoms with Gasteiger partial charge in [0.25, 0.3) is 6.71 Å². The summed E-state index contributed by atoms with van der Waals surface area (Å²) in [4.78, 5) is 5.15. The molecule has 0 amide bonds. The molecule has 12 rings (SSSR count). The van der Waals surface area contributed by atoms with Crippen LogP contribution in [0.15, 0.2) is 162 Å². The van der Waals surface area contributed by atoms with Gasteiger partial charge in [-0.3, -0.25) is 0 Å². The van der Waals surface area contributed by atoms with Crippen LogP contribution in [0.25, 0.3) is 44.2 Å². The Morgan fingerprint density at radius 3 is 1.72 bits per heavy atom. The lowest BCUT2D eigenvalue weighted by atomic mass is 9.33. The van der Waals surface area contributed by atoms with Gasteiger partial charge in [0.2, 0.25) is 0 Å². The third-order valence-electron chi connectivity index (χ3n) is 14.6. The summed E-state index contributed by atoms with van der Waals surface area (Å²) < 4.78 is 6.32. The fourth-order valence-electron chi connectivity index (χ4n) is 11.3. The van der Waals surface area contributed by atoms with Crippen molar-refractivity contribution < 1.29 is 4.42 Å². The SMILES string of the molecule is Cc1cc2c3c(c1)N(c1ccc4c(c1)C(C)(C)c1ccccc1-4)c1cc(C(C)(C)C)ccc1B3c1ccc(C(C)(C)C)cc1N2c1ccc(-c2cccc3oc4ccccc4c23)cc1. The first kappa shape index (κ1) is 38.9. The molecule has 0 saturated carbocycles. The molecule has 0 saturated heterocycles. The molecular weight excluding hydrogens is 775 g/mol. The van der Waals surface area contributed by atoms with Crippen molar-refractivity contribution in [3.8, 4) is 22.3 Å².